The predicted octanol–water partition coefficient (Wildman–Crippen LogP) is 6.51. The van der Waals surface area contributed by atoms with E-state index in [1.807, 2.05) is 13.8 Å². The molecule has 4 heterocycles. The Labute approximate surface area is 386 Å². The molecule has 2 fully saturated rings. The second-order valence-corrected chi connectivity index (χ2v) is 17.2. The van der Waals surface area contributed by atoms with Gasteiger partial charge in [0.25, 0.3) is 0 Å². The highest BCUT2D eigenvalue weighted by Gasteiger charge is 2.34. The van der Waals surface area contributed by atoms with Gasteiger partial charge < -0.3 is 48.8 Å². The number of hydrogen-bond donors (Lipinski definition) is 4. The molecule has 0 bridgehead atoms. The van der Waals surface area contributed by atoms with Crippen LogP contribution in [0.5, 0.6) is 23.3 Å². The van der Waals surface area contributed by atoms with Crippen LogP contribution in [0.15, 0.2) is 61.1 Å². The fourth-order valence-electron chi connectivity index (χ4n) is 9.30. The number of fused-ring (bicyclic) bond motifs is 2. The summed E-state index contributed by atoms with van der Waals surface area (Å²) in [6, 6.07) is 11.7. The number of carbonyl (C=O) groups is 2. The van der Waals surface area contributed by atoms with Crippen LogP contribution in [-0.4, -0.2) is 119 Å². The third-order valence-electron chi connectivity index (χ3n) is 12.7. The molecule has 2 unspecified atom stereocenters. The van der Waals surface area contributed by atoms with Gasteiger partial charge in [-0.25, -0.2) is 14.3 Å². The standard InChI is InChI=1S/C48H57N7O12/c1-5-64-41-20-30(46(57)39(66-32-9-6-7-10-32)25-54-24-31-22-49-23-35(48(60)61)43(31)52-54)21-42(50-41)65-16-15-28-13-14-33(17-28)67-40(45(56)29-18-37(62-3)27(2)38(19-29)63-4)26-55-44-34(47(58)59)11-8-12-36(44)51-53-55/h8,11-12,18-24,28,32-33,39-40,45-46,56-57H,5-7,9-10,13-17,25-26H2,1-4H3,(H,58,59)(H,60,61)/t28?,33?,39-,40-,45+,46+/m0/s1. The second kappa shape index (κ2) is 21.0. The van der Waals surface area contributed by atoms with Crippen molar-refractivity contribution in [1.82, 2.24) is 34.7 Å². The molecule has 4 aromatic heterocycles. The average Bonchev–Trinajstić information content (AvgIpc) is 4.16. The van der Waals surface area contributed by atoms with Gasteiger partial charge in [-0.2, -0.15) is 10.1 Å². The highest BCUT2D eigenvalue weighted by Crippen LogP contribution is 2.38. The number of methoxy groups -OCH3 is 2. The van der Waals surface area contributed by atoms with Crippen molar-refractivity contribution in [3.63, 3.8) is 0 Å². The van der Waals surface area contributed by atoms with E-state index in [9.17, 15) is 30.0 Å². The third kappa shape index (κ3) is 10.8. The molecule has 0 amide bonds. The van der Waals surface area contributed by atoms with Crippen molar-refractivity contribution in [1.29, 1.82) is 0 Å². The Hall–Kier alpha value is -6.41. The maximum atomic E-state index is 12.2. The molecule has 8 rings (SSSR count). The number of benzene rings is 2. The van der Waals surface area contributed by atoms with Crippen LogP contribution in [0.1, 0.15) is 108 Å². The summed E-state index contributed by atoms with van der Waals surface area (Å²) < 4.78 is 39.7. The summed E-state index contributed by atoms with van der Waals surface area (Å²) >= 11 is 0. The number of para-hydroxylation sites is 1. The van der Waals surface area contributed by atoms with Crippen LogP contribution in [0.3, 0.4) is 0 Å². The van der Waals surface area contributed by atoms with Gasteiger partial charge >= 0.3 is 11.9 Å². The lowest BCUT2D eigenvalue weighted by Crippen LogP contribution is -2.32. The molecule has 0 saturated heterocycles. The van der Waals surface area contributed by atoms with E-state index >= 15 is 0 Å². The van der Waals surface area contributed by atoms with E-state index in [0.717, 1.165) is 37.7 Å². The summed E-state index contributed by atoms with van der Waals surface area (Å²) in [5, 5.41) is 57.3. The molecule has 2 aliphatic rings. The first-order chi connectivity index (χ1) is 32.4. The zero-order chi connectivity index (χ0) is 47.2. The maximum Gasteiger partial charge on any atom is 0.339 e. The number of carboxylic acids is 2. The van der Waals surface area contributed by atoms with Gasteiger partial charge in [-0.1, -0.05) is 24.1 Å². The van der Waals surface area contributed by atoms with Gasteiger partial charge in [-0.3, -0.25) is 9.67 Å². The number of aliphatic hydroxyl groups is 2. The number of aromatic carboxylic acids is 2. The summed E-state index contributed by atoms with van der Waals surface area (Å²) in [4.78, 5) is 32.7. The number of ether oxygens (including phenoxy) is 6. The number of pyridine rings is 2. The van der Waals surface area contributed by atoms with Gasteiger partial charge in [0, 0.05) is 41.7 Å². The predicted molar refractivity (Wildman–Crippen MR) is 242 cm³/mol. The highest BCUT2D eigenvalue weighted by molar-refractivity contribution is 6.01. The maximum absolute atomic E-state index is 12.2. The van der Waals surface area contributed by atoms with Crippen LogP contribution in [0.2, 0.25) is 0 Å². The molecule has 356 valence electrons. The van der Waals surface area contributed by atoms with Gasteiger partial charge in [0.2, 0.25) is 11.8 Å². The molecule has 2 aromatic carbocycles. The molecule has 6 atom stereocenters. The van der Waals surface area contributed by atoms with Crippen molar-refractivity contribution in [3.05, 3.63) is 88.9 Å². The first kappa shape index (κ1) is 47.1. The summed E-state index contributed by atoms with van der Waals surface area (Å²) in [7, 11) is 3.09. The number of rotatable bonds is 22. The van der Waals surface area contributed by atoms with Crippen molar-refractivity contribution < 1.29 is 58.4 Å². The normalized spacial score (nSPS) is 18.2. The van der Waals surface area contributed by atoms with Crippen LogP contribution < -0.4 is 18.9 Å². The molecule has 6 aromatic rings. The molecular formula is C48H57N7O12. The Bertz CT molecular complexity index is 2660. The quantitative estimate of drug-likeness (QED) is 0.0567. The molecule has 0 spiro atoms. The Morgan fingerprint density at radius 1 is 0.821 bits per heavy atom. The van der Waals surface area contributed by atoms with Gasteiger partial charge in [0.1, 0.15) is 58.0 Å². The largest absolute Gasteiger partial charge is 0.496 e. The molecular weight excluding hydrogens is 867 g/mol. The van der Waals surface area contributed by atoms with Crippen molar-refractivity contribution in [2.45, 2.75) is 115 Å². The lowest BCUT2D eigenvalue weighted by atomic mass is 10.0. The van der Waals surface area contributed by atoms with Crippen molar-refractivity contribution in [3.8, 4) is 23.3 Å². The van der Waals surface area contributed by atoms with Gasteiger partial charge in [-0.15, -0.1) is 5.10 Å². The monoisotopic (exact) mass is 923 g/mol. The van der Waals surface area contributed by atoms with E-state index in [4.69, 9.17) is 28.4 Å². The lowest BCUT2D eigenvalue weighted by molar-refractivity contribution is -0.0855. The SMILES string of the molecule is CCOc1cc([C@@H](O)[C@H](Cn2cc3cncc(C(=O)O)c3n2)OC2CCCC2)cc(OCCC2CCC(O[C@@H](Cn3nnc4cccc(C(=O)O)c43)[C@H](O)c3cc(OC)c(C)c(OC)c3)C2)n1. The molecule has 67 heavy (non-hydrogen) atoms. The second-order valence-electron chi connectivity index (χ2n) is 17.2. The van der Waals surface area contributed by atoms with Crippen molar-refractivity contribution in [2.24, 2.45) is 5.92 Å². The van der Waals surface area contributed by atoms with Gasteiger partial charge in [0.15, 0.2) is 0 Å². The molecule has 0 aliphatic heterocycles. The Balaban J connectivity index is 0.962. The Kier molecular flexibility index (Phi) is 14.8. The fourth-order valence-corrected chi connectivity index (χ4v) is 9.30. The minimum Gasteiger partial charge on any atom is -0.496 e. The highest BCUT2D eigenvalue weighted by atomic mass is 16.5. The summed E-state index contributed by atoms with van der Waals surface area (Å²) in [6.45, 7) is 4.51. The fraction of sp³-hybridized carbons (Fsp3) is 0.479. The zero-order valence-corrected chi connectivity index (χ0v) is 38.0. The van der Waals surface area contributed by atoms with Crippen LogP contribution in [0, 0.1) is 12.8 Å². The number of nitrogens with zero attached hydrogens (tertiary/aromatic N) is 7. The van der Waals surface area contributed by atoms with Crippen LogP contribution >= 0.6 is 0 Å². The van der Waals surface area contributed by atoms with Gasteiger partial charge in [-0.05, 0) is 93.7 Å². The van der Waals surface area contributed by atoms with E-state index in [-0.39, 0.29) is 54.1 Å². The smallest absolute Gasteiger partial charge is 0.339 e. The lowest BCUT2D eigenvalue weighted by Gasteiger charge is -2.28. The van der Waals surface area contributed by atoms with Crippen LogP contribution in [0.4, 0.5) is 0 Å². The van der Waals surface area contributed by atoms with E-state index in [0.29, 0.717) is 77.0 Å². The summed E-state index contributed by atoms with van der Waals surface area (Å²) in [5.74, 6) is -0.415. The minimum atomic E-state index is -1.18. The van der Waals surface area contributed by atoms with E-state index < -0.39 is 36.4 Å². The topological polar surface area (TPSA) is 245 Å². The van der Waals surface area contributed by atoms with E-state index in [1.54, 1.807) is 67.7 Å². The number of aromatic nitrogens is 7. The van der Waals surface area contributed by atoms with Crippen LogP contribution in [-0.2, 0) is 22.6 Å². The molecule has 2 aliphatic carbocycles. The van der Waals surface area contributed by atoms with Gasteiger partial charge in [0.05, 0.1) is 58.3 Å². The number of hydrogen-bond acceptors (Lipinski definition) is 15. The van der Waals surface area contributed by atoms with Crippen molar-refractivity contribution in [2.75, 3.05) is 27.4 Å². The van der Waals surface area contributed by atoms with E-state index in [1.165, 1.54) is 16.9 Å². The van der Waals surface area contributed by atoms with E-state index in [2.05, 4.69) is 25.4 Å². The number of aliphatic hydroxyl groups excluding tert-OH is 2. The van der Waals surface area contributed by atoms with Crippen molar-refractivity contribution >= 4 is 33.9 Å². The van der Waals surface area contributed by atoms with Crippen LogP contribution in [0.25, 0.3) is 21.9 Å². The first-order valence-corrected chi connectivity index (χ1v) is 22.7. The first-order valence-electron chi connectivity index (χ1n) is 22.7. The zero-order valence-electron chi connectivity index (χ0n) is 38.0. The molecule has 0 radical (unpaired) electrons. The number of carboxylic acid groups (broad SMARTS) is 2. The average molecular weight is 924 g/mol. The molecule has 19 nitrogen and oxygen atoms in total. The third-order valence-corrected chi connectivity index (χ3v) is 12.7. The Morgan fingerprint density at radius 3 is 2.18 bits per heavy atom. The minimum absolute atomic E-state index is 0.00909. The molecule has 2 saturated carbocycles. The Morgan fingerprint density at radius 2 is 1.49 bits per heavy atom. The summed E-state index contributed by atoms with van der Waals surface area (Å²) in [5.41, 5.74) is 2.81. The molecule has 19 heteroatoms. The molecule has 4 N–H and O–H groups in total. The summed E-state index contributed by atoms with van der Waals surface area (Å²) in [6.07, 6.45) is 6.96.